The lowest BCUT2D eigenvalue weighted by molar-refractivity contribution is 0.435. The van der Waals surface area contributed by atoms with Gasteiger partial charge in [-0.2, -0.15) is 9.97 Å². The number of thiocarbonyl (C=S) groups is 1. The summed E-state index contributed by atoms with van der Waals surface area (Å²) in [5.41, 5.74) is 5.32. The second-order valence-electron chi connectivity index (χ2n) is 12.1. The van der Waals surface area contributed by atoms with E-state index in [1.54, 1.807) is 0 Å². The predicted octanol–water partition coefficient (Wildman–Crippen LogP) is 6.78. The highest BCUT2D eigenvalue weighted by atomic mass is 35.5. The Morgan fingerprint density at radius 1 is 0.750 bits per heavy atom. The first-order chi connectivity index (χ1) is 21.5. The summed E-state index contributed by atoms with van der Waals surface area (Å²) in [5, 5.41) is 8.20. The normalized spacial score (nSPS) is 17.4. The number of para-hydroxylation sites is 1. The third kappa shape index (κ3) is 6.19. The second-order valence-corrected chi connectivity index (χ2v) is 13.0. The molecular formula is C35H38ClN7S. The number of hydrogen-bond acceptors (Lipinski definition) is 6. The molecule has 3 aliphatic rings. The summed E-state index contributed by atoms with van der Waals surface area (Å²) in [6.07, 6.45) is 4.69. The van der Waals surface area contributed by atoms with E-state index in [1.807, 2.05) is 12.1 Å². The van der Waals surface area contributed by atoms with Crippen LogP contribution in [-0.4, -0.2) is 47.8 Å². The van der Waals surface area contributed by atoms with Crippen molar-refractivity contribution in [1.29, 1.82) is 0 Å². The molecule has 1 aliphatic carbocycles. The highest BCUT2D eigenvalue weighted by Gasteiger charge is 2.35. The summed E-state index contributed by atoms with van der Waals surface area (Å²) in [6.45, 7) is 6.08. The smallest absolute Gasteiger partial charge is 0.232 e. The van der Waals surface area contributed by atoms with Crippen LogP contribution < -0.4 is 25.3 Å². The zero-order valence-electron chi connectivity index (χ0n) is 24.9. The number of nitrogens with zero attached hydrogens (tertiary/aromatic N) is 5. The number of fused-ring (bicyclic) bond motifs is 1. The standard InChI is InChI=1S/C35H38ClN7S/c36-29-14-12-28(13-15-29)35(16-6-7-17-35)25-37-34(44)40-33-38-31(42-20-18-41(19-21-42)30-10-2-1-3-11-30)22-32(39-33)43-23-26-8-4-5-9-27(26)24-43/h1-5,8-15,22H,6-7,16-21,23-25H2,(H2,37,38,39,40,44). The molecule has 1 saturated heterocycles. The molecular weight excluding hydrogens is 586 g/mol. The van der Waals surface area contributed by atoms with Crippen molar-refractivity contribution >= 4 is 52.2 Å². The van der Waals surface area contributed by atoms with E-state index in [0.29, 0.717) is 11.1 Å². The van der Waals surface area contributed by atoms with E-state index in [4.69, 9.17) is 33.8 Å². The summed E-state index contributed by atoms with van der Waals surface area (Å²) in [6, 6.07) is 29.7. The van der Waals surface area contributed by atoms with Crippen LogP contribution in [0.15, 0.2) is 84.9 Å². The topological polar surface area (TPSA) is 59.6 Å². The molecule has 226 valence electrons. The third-order valence-corrected chi connectivity index (χ3v) is 9.92. The molecule has 1 aromatic heterocycles. The van der Waals surface area contributed by atoms with Gasteiger partial charge in [-0.1, -0.05) is 79.0 Å². The highest BCUT2D eigenvalue weighted by Crippen LogP contribution is 2.41. The molecule has 7 nitrogen and oxygen atoms in total. The minimum absolute atomic E-state index is 0.0456. The number of anilines is 4. The second kappa shape index (κ2) is 12.6. The number of hydrogen-bond donors (Lipinski definition) is 2. The minimum Gasteiger partial charge on any atom is -0.368 e. The molecule has 9 heteroatoms. The molecule has 0 atom stereocenters. The quantitative estimate of drug-likeness (QED) is 0.219. The molecule has 2 N–H and O–H groups in total. The number of aromatic nitrogens is 2. The van der Waals surface area contributed by atoms with Crippen molar-refractivity contribution in [2.45, 2.75) is 44.2 Å². The van der Waals surface area contributed by atoms with Crippen LogP contribution in [0.4, 0.5) is 23.3 Å². The van der Waals surface area contributed by atoms with E-state index in [2.05, 4.69) is 98.1 Å². The van der Waals surface area contributed by atoms with Crippen LogP contribution >= 0.6 is 23.8 Å². The Kier molecular flexibility index (Phi) is 8.28. The van der Waals surface area contributed by atoms with Crippen molar-refractivity contribution < 1.29 is 0 Å². The lowest BCUT2D eigenvalue weighted by Gasteiger charge is -2.37. The Bertz CT molecular complexity index is 1570. The van der Waals surface area contributed by atoms with Crippen molar-refractivity contribution in [3.63, 3.8) is 0 Å². The van der Waals surface area contributed by atoms with Crippen LogP contribution in [0.2, 0.25) is 5.02 Å². The number of halogens is 1. The van der Waals surface area contributed by atoms with Gasteiger partial charge >= 0.3 is 0 Å². The van der Waals surface area contributed by atoms with Crippen molar-refractivity contribution in [2.75, 3.05) is 52.7 Å². The SMILES string of the molecule is S=C(NCC1(c2ccc(Cl)cc2)CCCC1)Nc1nc(N2CCN(c3ccccc3)CC2)cc(N2Cc3ccccc3C2)n1. The van der Waals surface area contributed by atoms with Gasteiger partial charge < -0.3 is 25.3 Å². The maximum atomic E-state index is 6.20. The molecule has 3 aromatic carbocycles. The summed E-state index contributed by atoms with van der Waals surface area (Å²) >= 11 is 12.0. The number of rotatable bonds is 7. The van der Waals surface area contributed by atoms with Gasteiger partial charge in [0.1, 0.15) is 11.6 Å². The first-order valence-electron chi connectivity index (χ1n) is 15.6. The van der Waals surface area contributed by atoms with Crippen molar-refractivity contribution in [1.82, 2.24) is 15.3 Å². The van der Waals surface area contributed by atoms with Gasteiger partial charge in [-0.25, -0.2) is 0 Å². The Morgan fingerprint density at radius 2 is 1.34 bits per heavy atom. The lowest BCUT2D eigenvalue weighted by atomic mass is 9.79. The Hall–Kier alpha value is -3.88. The molecule has 44 heavy (non-hydrogen) atoms. The molecule has 0 spiro atoms. The fourth-order valence-electron chi connectivity index (χ4n) is 6.95. The molecule has 4 aromatic rings. The maximum Gasteiger partial charge on any atom is 0.232 e. The average Bonchev–Trinajstić information content (AvgIpc) is 3.73. The Morgan fingerprint density at radius 3 is 2.00 bits per heavy atom. The third-order valence-electron chi connectivity index (χ3n) is 9.42. The zero-order valence-corrected chi connectivity index (χ0v) is 26.5. The Balaban J connectivity index is 1.09. The van der Waals surface area contributed by atoms with Crippen LogP contribution in [0.3, 0.4) is 0 Å². The maximum absolute atomic E-state index is 6.20. The van der Waals surface area contributed by atoms with Gasteiger partial charge in [0.05, 0.1) is 0 Å². The predicted molar refractivity (Wildman–Crippen MR) is 185 cm³/mol. The minimum atomic E-state index is 0.0456. The molecule has 2 fully saturated rings. The molecule has 0 unspecified atom stereocenters. The number of benzene rings is 3. The van der Waals surface area contributed by atoms with Crippen LogP contribution in [0.25, 0.3) is 0 Å². The molecule has 0 amide bonds. The van der Waals surface area contributed by atoms with Crippen LogP contribution in [0.5, 0.6) is 0 Å². The molecule has 0 radical (unpaired) electrons. The summed E-state index contributed by atoms with van der Waals surface area (Å²) in [7, 11) is 0. The summed E-state index contributed by atoms with van der Waals surface area (Å²) in [5.74, 6) is 2.37. The van der Waals surface area contributed by atoms with Crippen molar-refractivity contribution in [3.8, 4) is 0 Å². The van der Waals surface area contributed by atoms with Crippen molar-refractivity contribution in [2.24, 2.45) is 0 Å². The lowest BCUT2D eigenvalue weighted by Crippen LogP contribution is -2.47. The number of nitrogens with one attached hydrogen (secondary N) is 2. The van der Waals surface area contributed by atoms with Crippen LogP contribution in [0.1, 0.15) is 42.4 Å². The summed E-state index contributed by atoms with van der Waals surface area (Å²) in [4.78, 5) is 17.1. The van der Waals surface area contributed by atoms with Gasteiger partial charge in [0, 0.05) is 68.0 Å². The van der Waals surface area contributed by atoms with Gasteiger partial charge in [0.25, 0.3) is 0 Å². The van der Waals surface area contributed by atoms with E-state index in [0.717, 1.165) is 75.3 Å². The molecule has 2 aliphatic heterocycles. The van der Waals surface area contributed by atoms with Gasteiger partial charge in [-0.05, 0) is 66.0 Å². The van der Waals surface area contributed by atoms with Crippen molar-refractivity contribution in [3.05, 3.63) is 107 Å². The Labute approximate surface area is 270 Å². The average molecular weight is 624 g/mol. The van der Waals surface area contributed by atoms with Crippen LogP contribution in [-0.2, 0) is 18.5 Å². The van der Waals surface area contributed by atoms with E-state index in [9.17, 15) is 0 Å². The molecule has 1 saturated carbocycles. The van der Waals surface area contributed by atoms with E-state index in [1.165, 1.54) is 35.2 Å². The van der Waals surface area contributed by atoms with Gasteiger partial charge in [-0.15, -0.1) is 0 Å². The first kappa shape index (κ1) is 28.9. The van der Waals surface area contributed by atoms with E-state index in [-0.39, 0.29) is 5.41 Å². The number of piperazine rings is 1. The molecule has 7 rings (SSSR count). The monoisotopic (exact) mass is 623 g/mol. The van der Waals surface area contributed by atoms with Crippen LogP contribution in [0, 0.1) is 0 Å². The van der Waals surface area contributed by atoms with E-state index < -0.39 is 0 Å². The van der Waals surface area contributed by atoms with E-state index >= 15 is 0 Å². The van der Waals surface area contributed by atoms with Gasteiger partial charge in [-0.3, -0.25) is 0 Å². The van der Waals surface area contributed by atoms with Gasteiger partial charge in [0.15, 0.2) is 5.11 Å². The largest absolute Gasteiger partial charge is 0.368 e. The molecule has 0 bridgehead atoms. The molecule has 3 heterocycles. The zero-order chi connectivity index (χ0) is 29.9. The summed E-state index contributed by atoms with van der Waals surface area (Å²) < 4.78 is 0. The fraction of sp³-hybridized carbons (Fsp3) is 0.343. The van der Waals surface area contributed by atoms with Gasteiger partial charge in [0.2, 0.25) is 5.95 Å². The fourth-order valence-corrected chi connectivity index (χ4v) is 7.24. The highest BCUT2D eigenvalue weighted by molar-refractivity contribution is 7.80. The first-order valence-corrected chi connectivity index (χ1v) is 16.4.